The van der Waals surface area contributed by atoms with Crippen LogP contribution in [0, 0.1) is 11.3 Å². The summed E-state index contributed by atoms with van der Waals surface area (Å²) in [6.45, 7) is 10.0. The van der Waals surface area contributed by atoms with Crippen LogP contribution in [-0.2, 0) is 0 Å². The number of likely N-dealkylation sites (tertiary alicyclic amines) is 1. The smallest absolute Gasteiger partial charge is 0.0481 e. The SMILES string of the molecule is CC(C)(C)C1CCN(C(CN)c2ccccc2Br)C1. The van der Waals surface area contributed by atoms with E-state index in [0.29, 0.717) is 18.0 Å². The van der Waals surface area contributed by atoms with Gasteiger partial charge in [-0.3, -0.25) is 4.90 Å². The maximum Gasteiger partial charge on any atom is 0.0481 e. The summed E-state index contributed by atoms with van der Waals surface area (Å²) in [6.07, 6.45) is 1.28. The van der Waals surface area contributed by atoms with Gasteiger partial charge in [0.05, 0.1) is 0 Å². The Morgan fingerprint density at radius 3 is 2.58 bits per heavy atom. The fourth-order valence-corrected chi connectivity index (χ4v) is 3.54. The highest BCUT2D eigenvalue weighted by molar-refractivity contribution is 9.10. The fourth-order valence-electron chi connectivity index (χ4n) is 3.00. The van der Waals surface area contributed by atoms with E-state index in [4.69, 9.17) is 5.73 Å². The van der Waals surface area contributed by atoms with E-state index in [1.165, 1.54) is 16.5 Å². The molecule has 0 radical (unpaired) electrons. The second-order valence-corrected chi connectivity index (χ2v) is 7.47. The molecule has 0 spiro atoms. The van der Waals surface area contributed by atoms with Gasteiger partial charge < -0.3 is 5.73 Å². The molecule has 1 aromatic carbocycles. The van der Waals surface area contributed by atoms with Crippen LogP contribution in [0.5, 0.6) is 0 Å². The average Bonchev–Trinajstić information content (AvgIpc) is 2.82. The van der Waals surface area contributed by atoms with E-state index >= 15 is 0 Å². The summed E-state index contributed by atoms with van der Waals surface area (Å²) in [5.74, 6) is 0.768. The molecule has 1 heterocycles. The van der Waals surface area contributed by atoms with Crippen molar-refractivity contribution in [1.82, 2.24) is 4.90 Å². The molecule has 2 nitrogen and oxygen atoms in total. The van der Waals surface area contributed by atoms with Gasteiger partial charge in [-0.2, -0.15) is 0 Å². The summed E-state index contributed by atoms with van der Waals surface area (Å²) in [5.41, 5.74) is 7.76. The van der Waals surface area contributed by atoms with Crippen LogP contribution in [0.2, 0.25) is 0 Å². The summed E-state index contributed by atoms with van der Waals surface area (Å²) in [7, 11) is 0. The number of benzene rings is 1. The first kappa shape index (κ1) is 15.0. The molecule has 19 heavy (non-hydrogen) atoms. The summed E-state index contributed by atoms with van der Waals surface area (Å²) >= 11 is 3.66. The van der Waals surface area contributed by atoms with Gasteiger partial charge in [-0.1, -0.05) is 54.9 Å². The van der Waals surface area contributed by atoms with Crippen molar-refractivity contribution in [2.24, 2.45) is 17.1 Å². The normalized spacial score (nSPS) is 22.7. The van der Waals surface area contributed by atoms with Crippen LogP contribution < -0.4 is 5.73 Å². The van der Waals surface area contributed by atoms with Crippen molar-refractivity contribution >= 4 is 15.9 Å². The highest BCUT2D eigenvalue weighted by atomic mass is 79.9. The zero-order valence-corrected chi connectivity index (χ0v) is 13.8. The first-order valence-electron chi connectivity index (χ1n) is 7.12. The van der Waals surface area contributed by atoms with E-state index in [1.807, 2.05) is 0 Å². The Balaban J connectivity index is 2.15. The van der Waals surface area contributed by atoms with E-state index in [1.54, 1.807) is 0 Å². The predicted octanol–water partition coefficient (Wildman–Crippen LogP) is 3.82. The molecule has 1 aromatic rings. The Hall–Kier alpha value is -0.380. The van der Waals surface area contributed by atoms with Crippen LogP contribution >= 0.6 is 15.9 Å². The molecule has 1 saturated heterocycles. The fraction of sp³-hybridized carbons (Fsp3) is 0.625. The molecule has 0 aliphatic carbocycles. The highest BCUT2D eigenvalue weighted by Gasteiger charge is 2.35. The van der Waals surface area contributed by atoms with Crippen LogP contribution in [-0.4, -0.2) is 24.5 Å². The number of nitrogens with two attached hydrogens (primary N) is 1. The molecule has 1 aliphatic heterocycles. The Labute approximate surface area is 125 Å². The number of hydrogen-bond acceptors (Lipinski definition) is 2. The summed E-state index contributed by atoms with van der Waals surface area (Å²) in [5, 5.41) is 0. The van der Waals surface area contributed by atoms with Crippen molar-refractivity contribution in [3.05, 3.63) is 34.3 Å². The third-order valence-electron chi connectivity index (χ3n) is 4.37. The van der Waals surface area contributed by atoms with E-state index in [2.05, 4.69) is 65.9 Å². The van der Waals surface area contributed by atoms with Crippen molar-refractivity contribution in [3.63, 3.8) is 0 Å². The van der Waals surface area contributed by atoms with Crippen LogP contribution in [0.3, 0.4) is 0 Å². The Morgan fingerprint density at radius 2 is 2.05 bits per heavy atom. The van der Waals surface area contributed by atoms with Gasteiger partial charge in [0.15, 0.2) is 0 Å². The number of nitrogens with zero attached hydrogens (tertiary/aromatic N) is 1. The van der Waals surface area contributed by atoms with Crippen molar-refractivity contribution in [1.29, 1.82) is 0 Å². The van der Waals surface area contributed by atoms with Crippen molar-refractivity contribution in [2.75, 3.05) is 19.6 Å². The summed E-state index contributed by atoms with van der Waals surface area (Å²) < 4.78 is 1.17. The maximum absolute atomic E-state index is 6.05. The second kappa shape index (κ2) is 5.94. The first-order valence-corrected chi connectivity index (χ1v) is 7.91. The number of halogens is 1. The van der Waals surface area contributed by atoms with Gasteiger partial charge in [0.1, 0.15) is 0 Å². The minimum atomic E-state index is 0.336. The quantitative estimate of drug-likeness (QED) is 0.915. The lowest BCUT2D eigenvalue weighted by atomic mass is 9.80. The Kier molecular flexibility index (Phi) is 4.70. The Morgan fingerprint density at radius 1 is 1.37 bits per heavy atom. The van der Waals surface area contributed by atoms with Crippen molar-refractivity contribution < 1.29 is 0 Å². The van der Waals surface area contributed by atoms with Gasteiger partial charge in [0.2, 0.25) is 0 Å². The van der Waals surface area contributed by atoms with Crippen LogP contribution in [0.25, 0.3) is 0 Å². The lowest BCUT2D eigenvalue weighted by Crippen LogP contribution is -2.33. The molecule has 106 valence electrons. The van der Waals surface area contributed by atoms with Crippen LogP contribution in [0.15, 0.2) is 28.7 Å². The van der Waals surface area contributed by atoms with Gasteiger partial charge >= 0.3 is 0 Å². The molecule has 0 aromatic heterocycles. The topological polar surface area (TPSA) is 29.3 Å². The molecule has 1 aliphatic rings. The molecule has 2 atom stereocenters. The van der Waals surface area contributed by atoms with Gasteiger partial charge in [0, 0.05) is 23.6 Å². The molecule has 1 fully saturated rings. The predicted molar refractivity (Wildman–Crippen MR) is 85.1 cm³/mol. The number of hydrogen-bond donors (Lipinski definition) is 1. The highest BCUT2D eigenvalue weighted by Crippen LogP contribution is 2.38. The monoisotopic (exact) mass is 324 g/mol. The van der Waals surface area contributed by atoms with Gasteiger partial charge in [-0.05, 0) is 35.9 Å². The van der Waals surface area contributed by atoms with E-state index < -0.39 is 0 Å². The zero-order chi connectivity index (χ0) is 14.0. The number of rotatable bonds is 3. The lowest BCUT2D eigenvalue weighted by molar-refractivity contribution is 0.197. The molecule has 0 amide bonds. The molecule has 0 saturated carbocycles. The van der Waals surface area contributed by atoms with Gasteiger partial charge in [-0.25, -0.2) is 0 Å². The lowest BCUT2D eigenvalue weighted by Gasteiger charge is -2.31. The molecule has 2 unspecified atom stereocenters. The van der Waals surface area contributed by atoms with E-state index in [0.717, 1.165) is 19.0 Å². The maximum atomic E-state index is 6.05. The molecular formula is C16H25BrN2. The second-order valence-electron chi connectivity index (χ2n) is 6.62. The molecule has 3 heteroatoms. The van der Waals surface area contributed by atoms with Crippen LogP contribution in [0.1, 0.15) is 38.8 Å². The average molecular weight is 325 g/mol. The van der Waals surface area contributed by atoms with E-state index in [-0.39, 0.29) is 0 Å². The van der Waals surface area contributed by atoms with Crippen molar-refractivity contribution in [3.8, 4) is 0 Å². The zero-order valence-electron chi connectivity index (χ0n) is 12.2. The molecule has 2 rings (SSSR count). The first-order chi connectivity index (χ1) is 8.93. The van der Waals surface area contributed by atoms with Crippen LogP contribution in [0.4, 0.5) is 0 Å². The third kappa shape index (κ3) is 3.39. The molecule has 0 bridgehead atoms. The largest absolute Gasteiger partial charge is 0.329 e. The van der Waals surface area contributed by atoms with Gasteiger partial charge in [-0.15, -0.1) is 0 Å². The van der Waals surface area contributed by atoms with Gasteiger partial charge in [0.25, 0.3) is 0 Å². The molecule has 2 N–H and O–H groups in total. The summed E-state index contributed by atoms with van der Waals surface area (Å²) in [6, 6.07) is 8.78. The standard InChI is InChI=1S/C16H25BrN2/c1-16(2,3)12-8-9-19(11-12)15(10-18)13-6-4-5-7-14(13)17/h4-7,12,15H,8-11,18H2,1-3H3. The van der Waals surface area contributed by atoms with Crippen molar-refractivity contribution in [2.45, 2.75) is 33.2 Å². The minimum Gasteiger partial charge on any atom is -0.329 e. The third-order valence-corrected chi connectivity index (χ3v) is 5.09. The molecular weight excluding hydrogens is 300 g/mol. The summed E-state index contributed by atoms with van der Waals surface area (Å²) in [4.78, 5) is 2.55. The van der Waals surface area contributed by atoms with E-state index in [9.17, 15) is 0 Å². The Bertz CT molecular complexity index is 425. The minimum absolute atomic E-state index is 0.336.